The lowest BCUT2D eigenvalue weighted by Crippen LogP contribution is -2.26. The van der Waals surface area contributed by atoms with E-state index in [1.54, 1.807) is 11.3 Å². The number of nitrogens with zero attached hydrogens (tertiary/aromatic N) is 1. The number of carbonyl (C=O) groups excluding carboxylic acids is 1. The van der Waals surface area contributed by atoms with E-state index in [4.69, 9.17) is 23.2 Å². The van der Waals surface area contributed by atoms with Crippen LogP contribution in [0, 0.1) is 0 Å². The SMILES string of the molecule is C[C@@H](NC(=O)c1cnc(Cl)c(Cl)c1)c1cccs1. The van der Waals surface area contributed by atoms with Crippen LogP contribution in [-0.2, 0) is 0 Å². The molecule has 0 aliphatic carbocycles. The van der Waals surface area contributed by atoms with E-state index in [0.29, 0.717) is 5.56 Å². The first-order valence-electron chi connectivity index (χ1n) is 5.23. The predicted molar refractivity (Wildman–Crippen MR) is 74.5 cm³/mol. The molecule has 6 heteroatoms. The van der Waals surface area contributed by atoms with Crippen LogP contribution in [0.1, 0.15) is 28.2 Å². The number of halogens is 2. The van der Waals surface area contributed by atoms with Gasteiger partial charge < -0.3 is 5.32 Å². The van der Waals surface area contributed by atoms with Gasteiger partial charge in [0.2, 0.25) is 0 Å². The molecule has 2 heterocycles. The van der Waals surface area contributed by atoms with Gasteiger partial charge >= 0.3 is 0 Å². The highest BCUT2D eigenvalue weighted by Gasteiger charge is 2.13. The van der Waals surface area contributed by atoms with Gasteiger partial charge in [0.15, 0.2) is 0 Å². The number of nitrogens with one attached hydrogen (secondary N) is 1. The molecule has 0 unspecified atom stereocenters. The molecule has 18 heavy (non-hydrogen) atoms. The van der Waals surface area contributed by atoms with Gasteiger partial charge in [0, 0.05) is 11.1 Å². The highest BCUT2D eigenvalue weighted by molar-refractivity contribution is 7.10. The maximum Gasteiger partial charge on any atom is 0.253 e. The minimum Gasteiger partial charge on any atom is -0.345 e. The van der Waals surface area contributed by atoms with E-state index in [0.717, 1.165) is 4.88 Å². The number of rotatable bonds is 3. The highest BCUT2D eigenvalue weighted by atomic mass is 35.5. The standard InChI is InChI=1S/C12H10Cl2N2OS/c1-7(10-3-2-4-18-10)16-12(17)8-5-9(13)11(14)15-6-8/h2-7H,1H3,(H,16,17)/t7-/m1/s1. The van der Waals surface area contributed by atoms with E-state index in [1.165, 1.54) is 12.3 Å². The van der Waals surface area contributed by atoms with Gasteiger partial charge in [-0.25, -0.2) is 4.98 Å². The van der Waals surface area contributed by atoms with Crippen LogP contribution < -0.4 is 5.32 Å². The number of pyridine rings is 1. The van der Waals surface area contributed by atoms with Crippen LogP contribution in [0.3, 0.4) is 0 Å². The van der Waals surface area contributed by atoms with Crippen molar-refractivity contribution in [2.45, 2.75) is 13.0 Å². The molecule has 1 N–H and O–H groups in total. The fraction of sp³-hybridized carbons (Fsp3) is 0.167. The van der Waals surface area contributed by atoms with Gasteiger partial charge in [-0.3, -0.25) is 4.79 Å². The van der Waals surface area contributed by atoms with Crippen molar-refractivity contribution in [3.05, 3.63) is 50.4 Å². The lowest BCUT2D eigenvalue weighted by atomic mass is 10.2. The molecule has 1 atom stereocenters. The molecule has 0 bridgehead atoms. The van der Waals surface area contributed by atoms with Gasteiger partial charge in [-0.1, -0.05) is 29.3 Å². The third-order valence-corrected chi connectivity index (χ3v) is 4.12. The third kappa shape index (κ3) is 3.02. The number of hydrogen-bond donors (Lipinski definition) is 1. The van der Waals surface area contributed by atoms with Crippen molar-refractivity contribution in [3.8, 4) is 0 Å². The molecular formula is C12H10Cl2N2OS. The minimum absolute atomic E-state index is 0.0491. The average Bonchev–Trinajstić information content (AvgIpc) is 2.86. The Morgan fingerprint density at radius 1 is 1.50 bits per heavy atom. The van der Waals surface area contributed by atoms with Crippen molar-refractivity contribution in [1.29, 1.82) is 0 Å². The summed E-state index contributed by atoms with van der Waals surface area (Å²) in [6, 6.07) is 5.38. The molecule has 0 saturated carbocycles. The number of thiophene rings is 1. The Labute approximate surface area is 119 Å². The summed E-state index contributed by atoms with van der Waals surface area (Å²) in [5.74, 6) is -0.220. The summed E-state index contributed by atoms with van der Waals surface area (Å²) >= 11 is 13.1. The first-order valence-corrected chi connectivity index (χ1v) is 6.87. The largest absolute Gasteiger partial charge is 0.345 e. The van der Waals surface area contributed by atoms with Crippen molar-refractivity contribution in [2.24, 2.45) is 0 Å². The van der Waals surface area contributed by atoms with E-state index in [-0.39, 0.29) is 22.1 Å². The van der Waals surface area contributed by atoms with Gasteiger partial charge in [0.25, 0.3) is 5.91 Å². The second-order valence-electron chi connectivity index (χ2n) is 3.71. The lowest BCUT2D eigenvalue weighted by molar-refractivity contribution is 0.0940. The molecule has 0 spiro atoms. The summed E-state index contributed by atoms with van der Waals surface area (Å²) in [4.78, 5) is 16.9. The Kier molecular flexibility index (Phi) is 4.22. The highest BCUT2D eigenvalue weighted by Crippen LogP contribution is 2.21. The van der Waals surface area contributed by atoms with Gasteiger partial charge in [-0.05, 0) is 24.4 Å². The van der Waals surface area contributed by atoms with E-state index >= 15 is 0 Å². The molecule has 0 aliphatic heterocycles. The molecule has 0 saturated heterocycles. The van der Waals surface area contributed by atoms with Gasteiger partial charge in [-0.2, -0.15) is 0 Å². The quantitative estimate of drug-likeness (QED) is 0.872. The summed E-state index contributed by atoms with van der Waals surface area (Å²) in [7, 11) is 0. The van der Waals surface area contributed by atoms with Crippen LogP contribution in [0.15, 0.2) is 29.8 Å². The van der Waals surface area contributed by atoms with Gasteiger partial charge in [-0.15, -0.1) is 11.3 Å². The van der Waals surface area contributed by atoms with Crippen molar-refractivity contribution in [1.82, 2.24) is 10.3 Å². The van der Waals surface area contributed by atoms with Crippen LogP contribution in [0.5, 0.6) is 0 Å². The average molecular weight is 301 g/mol. The van der Waals surface area contributed by atoms with Crippen LogP contribution in [0.2, 0.25) is 10.2 Å². The molecule has 2 aromatic heterocycles. The number of amides is 1. The molecule has 0 aliphatic rings. The Balaban J connectivity index is 2.10. The van der Waals surface area contributed by atoms with Crippen molar-refractivity contribution >= 4 is 40.4 Å². The molecule has 1 amide bonds. The van der Waals surface area contributed by atoms with E-state index in [2.05, 4.69) is 10.3 Å². The Bertz CT molecular complexity index is 557. The Hall–Kier alpha value is -1.10. The maximum atomic E-state index is 12.0. The molecule has 3 nitrogen and oxygen atoms in total. The molecule has 0 aromatic carbocycles. The van der Waals surface area contributed by atoms with Gasteiger partial charge in [0.1, 0.15) is 5.15 Å². The van der Waals surface area contributed by atoms with Crippen molar-refractivity contribution in [2.75, 3.05) is 0 Å². The van der Waals surface area contributed by atoms with Crippen LogP contribution >= 0.6 is 34.5 Å². The first-order chi connectivity index (χ1) is 8.58. The predicted octanol–water partition coefficient (Wildman–Crippen LogP) is 3.94. The molecule has 2 rings (SSSR count). The van der Waals surface area contributed by atoms with Crippen LogP contribution in [0.4, 0.5) is 0 Å². The maximum absolute atomic E-state index is 12.0. The fourth-order valence-electron chi connectivity index (χ4n) is 1.43. The summed E-state index contributed by atoms with van der Waals surface area (Å²) in [5.41, 5.74) is 0.396. The van der Waals surface area contributed by atoms with Gasteiger partial charge in [0.05, 0.1) is 16.6 Å². The van der Waals surface area contributed by atoms with Crippen molar-refractivity contribution < 1.29 is 4.79 Å². The zero-order chi connectivity index (χ0) is 13.1. The molecule has 94 valence electrons. The second-order valence-corrected chi connectivity index (χ2v) is 5.45. The smallest absolute Gasteiger partial charge is 0.253 e. The first kappa shape index (κ1) is 13.3. The molecule has 0 fully saturated rings. The minimum atomic E-state index is -0.220. The third-order valence-electron chi connectivity index (χ3n) is 2.38. The molecule has 0 radical (unpaired) electrons. The number of aromatic nitrogens is 1. The van der Waals surface area contributed by atoms with E-state index < -0.39 is 0 Å². The fourth-order valence-corrected chi connectivity index (χ4v) is 2.44. The zero-order valence-electron chi connectivity index (χ0n) is 9.48. The number of carbonyl (C=O) groups is 1. The summed E-state index contributed by atoms with van der Waals surface area (Å²) < 4.78 is 0. The van der Waals surface area contributed by atoms with Crippen LogP contribution in [0.25, 0.3) is 0 Å². The Morgan fingerprint density at radius 3 is 2.89 bits per heavy atom. The summed E-state index contributed by atoms with van der Waals surface area (Å²) in [5, 5.41) is 5.31. The summed E-state index contributed by atoms with van der Waals surface area (Å²) in [6.45, 7) is 1.93. The van der Waals surface area contributed by atoms with E-state index in [9.17, 15) is 4.79 Å². The summed E-state index contributed by atoms with van der Waals surface area (Å²) in [6.07, 6.45) is 1.41. The normalized spacial score (nSPS) is 12.2. The van der Waals surface area contributed by atoms with E-state index in [1.807, 2.05) is 24.4 Å². The second kappa shape index (κ2) is 5.69. The number of hydrogen-bond acceptors (Lipinski definition) is 3. The zero-order valence-corrected chi connectivity index (χ0v) is 11.8. The Morgan fingerprint density at radius 2 is 2.28 bits per heavy atom. The monoisotopic (exact) mass is 300 g/mol. The topological polar surface area (TPSA) is 42.0 Å². The molecular weight excluding hydrogens is 291 g/mol. The molecule has 2 aromatic rings. The van der Waals surface area contributed by atoms with Crippen LogP contribution in [-0.4, -0.2) is 10.9 Å². The van der Waals surface area contributed by atoms with Crippen molar-refractivity contribution in [3.63, 3.8) is 0 Å². The lowest BCUT2D eigenvalue weighted by Gasteiger charge is -2.12.